The van der Waals surface area contributed by atoms with Gasteiger partial charge in [-0.2, -0.15) is 0 Å². The monoisotopic (exact) mass is 324 g/mol. The summed E-state index contributed by atoms with van der Waals surface area (Å²) in [4.78, 5) is 15.9. The van der Waals surface area contributed by atoms with E-state index in [-0.39, 0.29) is 22.3 Å². The average Bonchev–Trinajstić information content (AvgIpc) is 2.39. The van der Waals surface area contributed by atoms with Gasteiger partial charge in [0.1, 0.15) is 16.1 Å². The summed E-state index contributed by atoms with van der Waals surface area (Å²) >= 11 is 11.5. The van der Waals surface area contributed by atoms with Crippen LogP contribution < -0.4 is 10.1 Å². The van der Waals surface area contributed by atoms with Gasteiger partial charge in [-0.25, -0.2) is 4.98 Å². The highest BCUT2D eigenvalue weighted by atomic mass is 35.5. The smallest absolute Gasteiger partial charge is 0.255 e. The van der Waals surface area contributed by atoms with E-state index in [0.29, 0.717) is 11.3 Å². The van der Waals surface area contributed by atoms with Gasteiger partial charge in [0.05, 0.1) is 6.10 Å². The van der Waals surface area contributed by atoms with Crippen molar-refractivity contribution in [2.45, 2.75) is 20.0 Å². The van der Waals surface area contributed by atoms with Gasteiger partial charge in [-0.1, -0.05) is 23.2 Å². The van der Waals surface area contributed by atoms with Crippen molar-refractivity contribution in [3.63, 3.8) is 0 Å². The van der Waals surface area contributed by atoms with Crippen LogP contribution in [0.3, 0.4) is 0 Å². The Morgan fingerprint density at radius 3 is 2.24 bits per heavy atom. The number of halogens is 2. The van der Waals surface area contributed by atoms with Gasteiger partial charge in [0.15, 0.2) is 0 Å². The highest BCUT2D eigenvalue weighted by Gasteiger charge is 2.09. The third-order valence-corrected chi connectivity index (χ3v) is 2.90. The van der Waals surface area contributed by atoms with Gasteiger partial charge in [-0.05, 0) is 50.2 Å². The number of amides is 1. The van der Waals surface area contributed by atoms with Crippen molar-refractivity contribution in [2.75, 3.05) is 5.32 Å². The molecule has 2 aromatic rings. The first-order valence-corrected chi connectivity index (χ1v) is 7.11. The van der Waals surface area contributed by atoms with Crippen LogP contribution in [-0.2, 0) is 0 Å². The van der Waals surface area contributed by atoms with Gasteiger partial charge in [0, 0.05) is 11.3 Å². The number of aromatic nitrogens is 1. The van der Waals surface area contributed by atoms with Crippen LogP contribution in [0.5, 0.6) is 5.75 Å². The van der Waals surface area contributed by atoms with E-state index in [0.717, 1.165) is 5.75 Å². The quantitative estimate of drug-likeness (QED) is 0.846. The maximum atomic E-state index is 12.1. The highest BCUT2D eigenvalue weighted by Crippen LogP contribution is 2.19. The summed E-state index contributed by atoms with van der Waals surface area (Å²) in [5.74, 6) is 0.441. The van der Waals surface area contributed by atoms with Crippen molar-refractivity contribution in [1.82, 2.24) is 4.98 Å². The second-order valence-electron chi connectivity index (χ2n) is 4.65. The lowest BCUT2D eigenvalue weighted by Gasteiger charge is -2.10. The molecule has 1 aromatic carbocycles. The van der Waals surface area contributed by atoms with E-state index in [2.05, 4.69) is 10.3 Å². The summed E-state index contributed by atoms with van der Waals surface area (Å²) in [5, 5.41) is 3.10. The van der Waals surface area contributed by atoms with E-state index < -0.39 is 0 Å². The molecule has 0 atom stereocenters. The molecule has 0 aliphatic heterocycles. The first-order chi connectivity index (χ1) is 9.94. The SMILES string of the molecule is CC(C)Oc1ccc(NC(=O)c2cc(Cl)nc(Cl)c2)cc1. The largest absolute Gasteiger partial charge is 0.491 e. The molecule has 1 heterocycles. The number of carbonyl (C=O) groups is 1. The van der Waals surface area contributed by atoms with Gasteiger partial charge in [0.25, 0.3) is 5.91 Å². The Morgan fingerprint density at radius 2 is 1.71 bits per heavy atom. The van der Waals surface area contributed by atoms with E-state index in [1.165, 1.54) is 12.1 Å². The van der Waals surface area contributed by atoms with Crippen molar-refractivity contribution in [3.8, 4) is 5.75 Å². The van der Waals surface area contributed by atoms with Crippen LogP contribution in [0.2, 0.25) is 10.3 Å². The number of rotatable bonds is 4. The van der Waals surface area contributed by atoms with Crippen LogP contribution in [0.1, 0.15) is 24.2 Å². The minimum atomic E-state index is -0.307. The molecule has 0 saturated carbocycles. The van der Waals surface area contributed by atoms with Crippen molar-refractivity contribution in [1.29, 1.82) is 0 Å². The first-order valence-electron chi connectivity index (χ1n) is 6.35. The first kappa shape index (κ1) is 15.6. The minimum absolute atomic E-state index is 0.103. The van der Waals surface area contributed by atoms with Crippen LogP contribution >= 0.6 is 23.2 Å². The lowest BCUT2D eigenvalue weighted by atomic mass is 10.2. The standard InChI is InChI=1S/C15H14Cl2N2O2/c1-9(2)21-12-5-3-11(4-6-12)18-15(20)10-7-13(16)19-14(17)8-10/h3-9H,1-2H3,(H,18,20). The molecule has 0 unspecified atom stereocenters. The van der Waals surface area contributed by atoms with Crippen LogP contribution in [0, 0.1) is 0 Å². The number of anilines is 1. The Bertz CT molecular complexity index is 622. The fraction of sp³-hybridized carbons (Fsp3) is 0.200. The second-order valence-corrected chi connectivity index (χ2v) is 5.42. The van der Waals surface area contributed by atoms with E-state index in [1.54, 1.807) is 24.3 Å². The molecule has 2 rings (SSSR count). The van der Waals surface area contributed by atoms with Gasteiger partial charge in [-0.3, -0.25) is 4.79 Å². The van der Waals surface area contributed by atoms with Crippen molar-refractivity contribution in [2.24, 2.45) is 0 Å². The van der Waals surface area contributed by atoms with Crippen LogP contribution in [0.4, 0.5) is 5.69 Å². The Morgan fingerprint density at radius 1 is 1.14 bits per heavy atom. The molecule has 0 fully saturated rings. The number of pyridine rings is 1. The van der Waals surface area contributed by atoms with Crippen molar-refractivity contribution < 1.29 is 9.53 Å². The van der Waals surface area contributed by atoms with E-state index in [4.69, 9.17) is 27.9 Å². The molecule has 110 valence electrons. The van der Waals surface area contributed by atoms with E-state index in [1.807, 2.05) is 13.8 Å². The zero-order valence-corrected chi connectivity index (χ0v) is 13.1. The normalized spacial score (nSPS) is 10.5. The summed E-state index contributed by atoms with van der Waals surface area (Å²) in [7, 11) is 0. The van der Waals surface area contributed by atoms with Gasteiger partial charge in [0.2, 0.25) is 0 Å². The van der Waals surface area contributed by atoms with Crippen LogP contribution in [0.25, 0.3) is 0 Å². The number of hydrogen-bond acceptors (Lipinski definition) is 3. The maximum Gasteiger partial charge on any atom is 0.255 e. The molecule has 0 aliphatic rings. The molecule has 4 nitrogen and oxygen atoms in total. The molecular formula is C15H14Cl2N2O2. The average molecular weight is 325 g/mol. The third-order valence-electron chi connectivity index (χ3n) is 2.51. The number of benzene rings is 1. The lowest BCUT2D eigenvalue weighted by Crippen LogP contribution is -2.12. The molecule has 0 radical (unpaired) electrons. The number of ether oxygens (including phenoxy) is 1. The third kappa shape index (κ3) is 4.62. The molecule has 1 amide bonds. The summed E-state index contributed by atoms with van der Waals surface area (Å²) in [6.45, 7) is 3.90. The summed E-state index contributed by atoms with van der Waals surface area (Å²) in [6.07, 6.45) is 0.103. The van der Waals surface area contributed by atoms with Crippen LogP contribution in [-0.4, -0.2) is 17.0 Å². The molecule has 1 N–H and O–H groups in total. The summed E-state index contributed by atoms with van der Waals surface area (Å²) in [5.41, 5.74) is 1.00. The van der Waals surface area contributed by atoms with E-state index >= 15 is 0 Å². The molecular weight excluding hydrogens is 311 g/mol. The van der Waals surface area contributed by atoms with Gasteiger partial charge < -0.3 is 10.1 Å². The van der Waals surface area contributed by atoms with Crippen LogP contribution in [0.15, 0.2) is 36.4 Å². The van der Waals surface area contributed by atoms with Crippen molar-refractivity contribution >= 4 is 34.8 Å². The predicted octanol–water partition coefficient (Wildman–Crippen LogP) is 4.43. The molecule has 0 saturated heterocycles. The number of carbonyl (C=O) groups excluding carboxylic acids is 1. The van der Waals surface area contributed by atoms with Gasteiger partial charge in [-0.15, -0.1) is 0 Å². The molecule has 1 aromatic heterocycles. The minimum Gasteiger partial charge on any atom is -0.491 e. The molecule has 0 bridgehead atoms. The van der Waals surface area contributed by atoms with Crippen molar-refractivity contribution in [3.05, 3.63) is 52.3 Å². The molecule has 0 aliphatic carbocycles. The zero-order chi connectivity index (χ0) is 15.4. The lowest BCUT2D eigenvalue weighted by molar-refractivity contribution is 0.102. The summed E-state index contributed by atoms with van der Waals surface area (Å²) < 4.78 is 5.53. The Hall–Kier alpha value is -1.78. The fourth-order valence-corrected chi connectivity index (χ4v) is 2.15. The Labute approximate surface area is 133 Å². The Balaban J connectivity index is 2.08. The predicted molar refractivity (Wildman–Crippen MR) is 84.4 cm³/mol. The van der Waals surface area contributed by atoms with Gasteiger partial charge >= 0.3 is 0 Å². The number of nitrogens with one attached hydrogen (secondary N) is 1. The molecule has 21 heavy (non-hydrogen) atoms. The zero-order valence-electron chi connectivity index (χ0n) is 11.6. The maximum absolute atomic E-state index is 12.1. The highest BCUT2D eigenvalue weighted by molar-refractivity contribution is 6.33. The topological polar surface area (TPSA) is 51.2 Å². The number of hydrogen-bond donors (Lipinski definition) is 1. The molecule has 0 spiro atoms. The summed E-state index contributed by atoms with van der Waals surface area (Å²) in [6, 6.07) is 10.0. The fourth-order valence-electron chi connectivity index (χ4n) is 1.69. The number of nitrogens with zero attached hydrogens (tertiary/aromatic N) is 1. The van der Waals surface area contributed by atoms with E-state index in [9.17, 15) is 4.79 Å². The Kier molecular flexibility index (Phi) is 5.04. The second kappa shape index (κ2) is 6.78. The molecule has 6 heteroatoms.